The van der Waals surface area contributed by atoms with E-state index in [2.05, 4.69) is 26.3 Å². The van der Waals surface area contributed by atoms with Crippen molar-refractivity contribution in [2.24, 2.45) is 0 Å². The molecule has 4 nitrogen and oxygen atoms in total. The summed E-state index contributed by atoms with van der Waals surface area (Å²) in [6, 6.07) is 19.5. The molecule has 0 amide bonds. The predicted octanol–water partition coefficient (Wildman–Crippen LogP) is 9.03. The Morgan fingerprint density at radius 1 is 0.524 bits per heavy atom. The summed E-state index contributed by atoms with van der Waals surface area (Å²) in [6.45, 7) is 15.6. The Labute approximate surface area is 249 Å². The lowest BCUT2D eigenvalue weighted by Gasteiger charge is -2.19. The molecule has 0 saturated carbocycles. The van der Waals surface area contributed by atoms with Crippen LogP contribution in [0.25, 0.3) is 33.4 Å². The number of allylic oxidation sites excluding steroid dienone is 4. The highest BCUT2D eigenvalue weighted by Crippen LogP contribution is 2.47. The molecule has 2 N–H and O–H groups in total. The van der Waals surface area contributed by atoms with E-state index in [1.54, 1.807) is 14.2 Å². The van der Waals surface area contributed by atoms with E-state index in [9.17, 15) is 10.2 Å². The van der Waals surface area contributed by atoms with Gasteiger partial charge in [0.25, 0.3) is 0 Å². The van der Waals surface area contributed by atoms with Gasteiger partial charge < -0.3 is 19.7 Å². The van der Waals surface area contributed by atoms with Crippen LogP contribution in [0.5, 0.6) is 23.0 Å². The number of hydrogen-bond acceptors (Lipinski definition) is 4. The molecule has 0 fully saturated rings. The van der Waals surface area contributed by atoms with Crippen molar-refractivity contribution in [3.05, 3.63) is 134 Å². The van der Waals surface area contributed by atoms with Gasteiger partial charge in [-0.3, -0.25) is 0 Å². The van der Waals surface area contributed by atoms with Crippen LogP contribution in [0.1, 0.15) is 22.3 Å². The third kappa shape index (κ3) is 6.18. The number of rotatable bonds is 13. The first-order chi connectivity index (χ1) is 20.4. The minimum atomic E-state index is 0.0802. The quantitative estimate of drug-likeness (QED) is 0.161. The summed E-state index contributed by atoms with van der Waals surface area (Å²) in [7, 11) is 3.28. The normalized spacial score (nSPS) is 10.6. The van der Waals surface area contributed by atoms with Crippen molar-refractivity contribution in [1.29, 1.82) is 0 Å². The molecule has 214 valence electrons. The summed E-state index contributed by atoms with van der Waals surface area (Å²) in [6.07, 6.45) is 9.75. The molecule has 0 bridgehead atoms. The van der Waals surface area contributed by atoms with Crippen molar-refractivity contribution in [2.75, 3.05) is 14.2 Å². The first kappa shape index (κ1) is 30.0. The van der Waals surface area contributed by atoms with Crippen molar-refractivity contribution in [2.45, 2.75) is 25.7 Å². The van der Waals surface area contributed by atoms with Gasteiger partial charge in [-0.25, -0.2) is 0 Å². The topological polar surface area (TPSA) is 58.9 Å². The van der Waals surface area contributed by atoms with Crippen LogP contribution in [0.2, 0.25) is 0 Å². The maximum atomic E-state index is 11.8. The van der Waals surface area contributed by atoms with Gasteiger partial charge in [0, 0.05) is 22.3 Å². The smallest absolute Gasteiger partial charge is 0.131 e. The molecule has 0 aliphatic carbocycles. The van der Waals surface area contributed by atoms with Crippen LogP contribution in [0.4, 0.5) is 0 Å². The van der Waals surface area contributed by atoms with Crippen LogP contribution < -0.4 is 9.47 Å². The molecule has 42 heavy (non-hydrogen) atoms. The molecule has 4 aromatic rings. The van der Waals surface area contributed by atoms with Crippen LogP contribution in [-0.2, 0) is 25.7 Å². The van der Waals surface area contributed by atoms with Crippen LogP contribution >= 0.6 is 0 Å². The zero-order chi connectivity index (χ0) is 30.2. The van der Waals surface area contributed by atoms with E-state index in [1.165, 1.54) is 0 Å². The monoisotopic (exact) mass is 558 g/mol. The third-order valence-electron chi connectivity index (χ3n) is 7.30. The maximum Gasteiger partial charge on any atom is 0.131 e. The van der Waals surface area contributed by atoms with E-state index in [-0.39, 0.29) is 11.5 Å². The van der Waals surface area contributed by atoms with Crippen molar-refractivity contribution in [3.63, 3.8) is 0 Å². The molecule has 0 aliphatic rings. The lowest BCUT2D eigenvalue weighted by Crippen LogP contribution is -1.96. The zero-order valence-electron chi connectivity index (χ0n) is 24.5. The van der Waals surface area contributed by atoms with Crippen molar-refractivity contribution >= 4 is 0 Å². The van der Waals surface area contributed by atoms with Gasteiger partial charge in [-0.15, -0.1) is 26.3 Å². The van der Waals surface area contributed by atoms with Gasteiger partial charge in [0.15, 0.2) is 0 Å². The van der Waals surface area contributed by atoms with Gasteiger partial charge in [0.2, 0.25) is 0 Å². The Hall–Kier alpha value is -4.96. The van der Waals surface area contributed by atoms with E-state index < -0.39 is 0 Å². The fraction of sp³-hybridized carbons (Fsp3) is 0.158. The minimum Gasteiger partial charge on any atom is -0.507 e. The van der Waals surface area contributed by atoms with Crippen LogP contribution in [0.15, 0.2) is 111 Å². The molecular weight excluding hydrogens is 520 g/mol. The van der Waals surface area contributed by atoms with Crippen molar-refractivity contribution < 1.29 is 19.7 Å². The molecule has 0 atom stereocenters. The molecule has 0 saturated heterocycles. The summed E-state index contributed by atoms with van der Waals surface area (Å²) in [5.41, 5.74) is 7.91. The van der Waals surface area contributed by atoms with Gasteiger partial charge in [-0.2, -0.15) is 0 Å². The van der Waals surface area contributed by atoms with E-state index in [0.717, 1.165) is 44.9 Å². The first-order valence-corrected chi connectivity index (χ1v) is 13.9. The molecule has 0 unspecified atom stereocenters. The first-order valence-electron chi connectivity index (χ1n) is 13.9. The second kappa shape index (κ2) is 13.6. The number of hydrogen-bond donors (Lipinski definition) is 2. The molecule has 0 radical (unpaired) electrons. The van der Waals surface area contributed by atoms with Gasteiger partial charge in [-0.1, -0.05) is 36.4 Å². The number of phenols is 2. The molecule has 4 aromatic carbocycles. The highest BCUT2D eigenvalue weighted by Gasteiger charge is 2.20. The lowest BCUT2D eigenvalue weighted by molar-refractivity contribution is 0.410. The van der Waals surface area contributed by atoms with Gasteiger partial charge >= 0.3 is 0 Å². The highest BCUT2D eigenvalue weighted by molar-refractivity contribution is 5.90. The van der Waals surface area contributed by atoms with Crippen LogP contribution in [-0.4, -0.2) is 24.4 Å². The molecule has 0 heterocycles. The summed E-state index contributed by atoms with van der Waals surface area (Å²) >= 11 is 0. The van der Waals surface area contributed by atoms with Gasteiger partial charge in [0.1, 0.15) is 23.0 Å². The SMILES string of the molecule is C=CCc1cc(-c2ccc(OC)c(CC=C)c2)c(O)c(-c2cc(CC=C)cc(-c3ccc(OC)c(CC=C)c3)c2O)c1. The standard InChI is InChI=1S/C38H38O4/c1-7-11-25-19-31(27-15-17-35(41-5)29(23-27)13-9-3)37(39)33(21-25)34-22-26(12-8-2)20-32(38(34)40)28-16-18-36(42-6)30(24-28)14-10-4/h7-10,15-24,39-40H,1-4,11-14H2,5-6H3. The highest BCUT2D eigenvalue weighted by atomic mass is 16.5. The second-order valence-corrected chi connectivity index (χ2v) is 10.1. The molecule has 0 aromatic heterocycles. The second-order valence-electron chi connectivity index (χ2n) is 10.1. The fourth-order valence-electron chi connectivity index (χ4n) is 5.33. The Morgan fingerprint density at radius 2 is 0.881 bits per heavy atom. The Kier molecular flexibility index (Phi) is 9.72. The van der Waals surface area contributed by atoms with Crippen molar-refractivity contribution in [1.82, 2.24) is 0 Å². The number of benzene rings is 4. The largest absolute Gasteiger partial charge is 0.507 e. The van der Waals surface area contributed by atoms with Gasteiger partial charge in [0.05, 0.1) is 14.2 Å². The zero-order valence-corrected chi connectivity index (χ0v) is 24.5. The Balaban J connectivity index is 1.99. The van der Waals surface area contributed by atoms with Gasteiger partial charge in [-0.05, 0) is 108 Å². The average molecular weight is 559 g/mol. The number of ether oxygens (including phenoxy) is 2. The summed E-state index contributed by atoms with van der Waals surface area (Å²) in [4.78, 5) is 0. The maximum absolute atomic E-state index is 11.8. The fourth-order valence-corrected chi connectivity index (χ4v) is 5.33. The molecule has 0 aliphatic heterocycles. The van der Waals surface area contributed by atoms with Crippen LogP contribution in [0.3, 0.4) is 0 Å². The molecule has 4 rings (SSSR count). The minimum absolute atomic E-state index is 0.0802. The third-order valence-corrected chi connectivity index (χ3v) is 7.30. The number of aromatic hydroxyl groups is 2. The lowest BCUT2D eigenvalue weighted by atomic mass is 9.88. The molecule has 0 spiro atoms. The van der Waals surface area contributed by atoms with E-state index in [4.69, 9.17) is 9.47 Å². The summed E-state index contributed by atoms with van der Waals surface area (Å²) in [5.74, 6) is 1.68. The van der Waals surface area contributed by atoms with Crippen molar-refractivity contribution in [3.8, 4) is 56.4 Å². The van der Waals surface area contributed by atoms with E-state index >= 15 is 0 Å². The summed E-state index contributed by atoms with van der Waals surface area (Å²) in [5, 5.41) is 23.6. The number of phenolic OH excluding ortho intramolecular Hbond substituents is 2. The van der Waals surface area contributed by atoms with E-state index in [0.29, 0.717) is 47.9 Å². The molecule has 4 heteroatoms. The number of methoxy groups -OCH3 is 2. The Bertz CT molecular complexity index is 1520. The van der Waals surface area contributed by atoms with Crippen LogP contribution in [0, 0.1) is 0 Å². The average Bonchev–Trinajstić information content (AvgIpc) is 2.99. The summed E-state index contributed by atoms with van der Waals surface area (Å²) < 4.78 is 11.1. The predicted molar refractivity (Wildman–Crippen MR) is 175 cm³/mol. The Morgan fingerprint density at radius 3 is 1.21 bits per heavy atom. The molecular formula is C38H38O4. The van der Waals surface area contributed by atoms with E-state index in [1.807, 2.05) is 85.0 Å².